The van der Waals surface area contributed by atoms with Gasteiger partial charge in [-0.2, -0.15) is 0 Å². The molecule has 0 aromatic heterocycles. The topological polar surface area (TPSA) is 424 Å². The molecule has 0 bridgehead atoms. The number of rotatable bonds is 26. The first kappa shape index (κ1) is 64.8. The zero-order valence-electron chi connectivity index (χ0n) is 43.8. The van der Waals surface area contributed by atoms with Crippen molar-refractivity contribution >= 4 is 59.1 Å². The van der Waals surface area contributed by atoms with Gasteiger partial charge in [0.1, 0.15) is 48.3 Å². The number of hydrogen-bond donors (Lipinski definition) is 15. The molecule has 0 unspecified atom stereocenters. The maximum Gasteiger partial charge on any atom is 0.303 e. The van der Waals surface area contributed by atoms with E-state index in [1.165, 1.54) is 0 Å². The Morgan fingerprint density at radius 2 is 1.12 bits per heavy atom. The van der Waals surface area contributed by atoms with Crippen molar-refractivity contribution in [2.24, 2.45) is 28.9 Å². The van der Waals surface area contributed by atoms with Crippen LogP contribution in [0, 0.1) is 5.92 Å². The van der Waals surface area contributed by atoms with Crippen LogP contribution in [0.3, 0.4) is 0 Å². The Balaban J connectivity index is 2.70. The predicted octanol–water partition coefficient (Wildman–Crippen LogP) is -2.96. The molecule has 9 amide bonds. The number of carboxylic acids is 1. The van der Waals surface area contributed by atoms with Gasteiger partial charge in [-0.1, -0.05) is 83.2 Å². The maximum atomic E-state index is 14.4. The van der Waals surface area contributed by atoms with E-state index in [0.717, 1.165) is 25.7 Å². The molecule has 25 heteroatoms. The summed E-state index contributed by atoms with van der Waals surface area (Å²) in [6.45, 7) is 4.79. The molecular formula is C50H85N13O12. The molecule has 422 valence electrons. The summed E-state index contributed by atoms with van der Waals surface area (Å²) in [5.74, 6) is -9.13. The number of aliphatic hydroxyl groups is 1. The van der Waals surface area contributed by atoms with E-state index in [2.05, 4.69) is 54.8 Å². The number of nitrogens with one attached hydrogen (secondary N) is 9. The van der Waals surface area contributed by atoms with Crippen LogP contribution >= 0.6 is 0 Å². The number of aliphatic carboxylic acids is 1. The van der Waals surface area contributed by atoms with Gasteiger partial charge in [-0.15, -0.1) is 0 Å². The summed E-state index contributed by atoms with van der Waals surface area (Å²) in [5, 5.41) is 43.4. The van der Waals surface area contributed by atoms with Crippen molar-refractivity contribution in [3.8, 4) is 0 Å². The third-order valence-electron chi connectivity index (χ3n) is 12.3. The number of aliphatic hydroxyl groups excluding tert-OH is 1. The highest BCUT2D eigenvalue weighted by Crippen LogP contribution is 2.13. The minimum absolute atomic E-state index is 0.0640. The molecule has 0 spiro atoms. The predicted molar refractivity (Wildman–Crippen MR) is 278 cm³/mol. The zero-order valence-corrected chi connectivity index (χ0v) is 43.8. The smallest absolute Gasteiger partial charge is 0.303 e. The van der Waals surface area contributed by atoms with E-state index >= 15 is 0 Å². The molecule has 75 heavy (non-hydrogen) atoms. The monoisotopic (exact) mass is 1060 g/mol. The van der Waals surface area contributed by atoms with Crippen LogP contribution in [0.25, 0.3) is 0 Å². The first-order chi connectivity index (χ1) is 35.8. The lowest BCUT2D eigenvalue weighted by atomic mass is 10.00. The van der Waals surface area contributed by atoms with Gasteiger partial charge in [0, 0.05) is 19.4 Å². The third kappa shape index (κ3) is 25.2. The number of benzene rings is 1. The largest absolute Gasteiger partial charge is 0.481 e. The van der Waals surface area contributed by atoms with E-state index in [1.807, 2.05) is 0 Å². The Morgan fingerprint density at radius 3 is 1.64 bits per heavy atom. The first-order valence-electron chi connectivity index (χ1n) is 26.2. The van der Waals surface area contributed by atoms with E-state index in [4.69, 9.17) is 22.9 Å². The molecule has 0 saturated carbocycles. The minimum Gasteiger partial charge on any atom is -0.481 e. The standard InChI is InChI=1S/C50H85N13O12/c1-4-5-6-7-11-14-32(64)29-41(65)56-34(17-22-51)44(69)61-38-21-26-55-43(68)33(15-16-42(66)67)57-45(70)35(18-23-52)58-46(71)36(19-24-53)60-49(74)39(27-30(2)3)62-50(75)40(28-31-12-9-8-10-13-31)63-47(72)37(20-25-54)59-48(38)73/h8-10,12-13,30,32-40,64H,4-7,11,14-29,51-54H2,1-3H3,(H,55,68)(H,56,65)(H,57,70)(H,58,71)(H,59,73)(H,60,74)(H,61,69)(H,62,75)(H,63,72)(H,66,67)/t32-,33+,34-,35+,36+,37+,38+,39+,40-/m1/s1. The molecule has 9 atom stereocenters. The van der Waals surface area contributed by atoms with Crippen molar-refractivity contribution in [1.82, 2.24) is 47.9 Å². The van der Waals surface area contributed by atoms with Crippen molar-refractivity contribution < 1.29 is 58.2 Å². The molecule has 2 rings (SSSR count). The summed E-state index contributed by atoms with van der Waals surface area (Å²) in [7, 11) is 0. The quantitative estimate of drug-likeness (QED) is 0.0413. The Morgan fingerprint density at radius 1 is 0.627 bits per heavy atom. The van der Waals surface area contributed by atoms with Crippen LogP contribution < -0.4 is 70.8 Å². The van der Waals surface area contributed by atoms with Crippen LogP contribution in [-0.2, 0) is 54.4 Å². The fourth-order valence-corrected chi connectivity index (χ4v) is 8.23. The number of carbonyl (C=O) groups excluding carboxylic acids is 9. The molecular weight excluding hydrogens is 975 g/mol. The number of hydrogen-bond acceptors (Lipinski definition) is 15. The molecule has 0 aliphatic carbocycles. The van der Waals surface area contributed by atoms with Crippen LogP contribution in [0.5, 0.6) is 0 Å². The van der Waals surface area contributed by atoms with Crippen molar-refractivity contribution in [2.75, 3.05) is 32.7 Å². The summed E-state index contributed by atoms with van der Waals surface area (Å²) in [6, 6.07) is -2.57. The molecule has 1 aromatic carbocycles. The van der Waals surface area contributed by atoms with Gasteiger partial charge in [0.15, 0.2) is 0 Å². The molecule has 1 aromatic rings. The Hall–Kier alpha value is -6.28. The molecule has 1 saturated heterocycles. The second-order valence-electron chi connectivity index (χ2n) is 19.2. The fraction of sp³-hybridized carbons (Fsp3) is 0.680. The molecule has 0 radical (unpaired) electrons. The normalized spacial score (nSPS) is 22.7. The van der Waals surface area contributed by atoms with Gasteiger partial charge in [0.25, 0.3) is 0 Å². The molecule has 1 aliphatic heterocycles. The van der Waals surface area contributed by atoms with Crippen LogP contribution in [-0.4, -0.2) is 157 Å². The van der Waals surface area contributed by atoms with Crippen molar-refractivity contribution in [1.29, 1.82) is 0 Å². The fourth-order valence-electron chi connectivity index (χ4n) is 8.23. The van der Waals surface area contributed by atoms with Crippen molar-refractivity contribution in [3.63, 3.8) is 0 Å². The van der Waals surface area contributed by atoms with E-state index in [-0.39, 0.29) is 83.5 Å². The van der Waals surface area contributed by atoms with E-state index in [0.29, 0.717) is 18.4 Å². The van der Waals surface area contributed by atoms with Crippen molar-refractivity contribution in [2.45, 2.75) is 178 Å². The number of carbonyl (C=O) groups is 10. The third-order valence-corrected chi connectivity index (χ3v) is 12.3. The van der Waals surface area contributed by atoms with Crippen LogP contribution in [0.15, 0.2) is 30.3 Å². The highest BCUT2D eigenvalue weighted by molar-refractivity contribution is 5.98. The van der Waals surface area contributed by atoms with E-state index in [1.54, 1.807) is 44.2 Å². The first-order valence-corrected chi connectivity index (χ1v) is 26.2. The van der Waals surface area contributed by atoms with Gasteiger partial charge >= 0.3 is 5.97 Å². The number of unbranched alkanes of at least 4 members (excludes halogenated alkanes) is 4. The van der Waals surface area contributed by atoms with Crippen LogP contribution in [0.4, 0.5) is 0 Å². The van der Waals surface area contributed by atoms with Crippen LogP contribution in [0.1, 0.15) is 123 Å². The maximum absolute atomic E-state index is 14.4. The lowest BCUT2D eigenvalue weighted by Gasteiger charge is -2.28. The highest BCUT2D eigenvalue weighted by atomic mass is 16.4. The molecule has 1 fully saturated rings. The van der Waals surface area contributed by atoms with E-state index < -0.39 is 133 Å². The average Bonchev–Trinajstić information content (AvgIpc) is 3.35. The van der Waals surface area contributed by atoms with Gasteiger partial charge in [-0.05, 0) is 89.0 Å². The SMILES string of the molecule is CCCCCCC[C@@H](O)CC(=O)N[C@H](CCN)C(=O)N[C@H]1CCNC(=O)[C@H](CCC(=O)O)NC(=O)[C@H](CCN)NC(=O)[C@H](CCN)NC(=O)[C@H](CC(C)C)NC(=O)[C@@H](Cc2ccccc2)NC(=O)[C@H](CCN)NC1=O. The van der Waals surface area contributed by atoms with Gasteiger partial charge in [0.05, 0.1) is 12.5 Å². The summed E-state index contributed by atoms with van der Waals surface area (Å²) in [6.07, 6.45) is 1.76. The van der Waals surface area contributed by atoms with E-state index in [9.17, 15) is 58.2 Å². The number of carboxylic acid groups (broad SMARTS) is 1. The van der Waals surface area contributed by atoms with Gasteiger partial charge < -0.3 is 81.0 Å². The number of amides is 9. The van der Waals surface area contributed by atoms with Gasteiger partial charge in [-0.3, -0.25) is 47.9 Å². The molecule has 25 nitrogen and oxygen atoms in total. The Kier molecular flexibility index (Phi) is 31.0. The highest BCUT2D eigenvalue weighted by Gasteiger charge is 2.35. The minimum atomic E-state index is -1.56. The molecule has 1 aliphatic rings. The molecule has 1 heterocycles. The average molecular weight is 1060 g/mol. The van der Waals surface area contributed by atoms with Gasteiger partial charge in [-0.25, -0.2) is 0 Å². The summed E-state index contributed by atoms with van der Waals surface area (Å²) < 4.78 is 0. The lowest BCUT2D eigenvalue weighted by molar-refractivity contribution is -0.138. The van der Waals surface area contributed by atoms with Gasteiger partial charge in [0.2, 0.25) is 53.2 Å². The van der Waals surface area contributed by atoms with Crippen molar-refractivity contribution in [3.05, 3.63) is 35.9 Å². The summed E-state index contributed by atoms with van der Waals surface area (Å²) >= 11 is 0. The second kappa shape index (κ2) is 35.8. The summed E-state index contributed by atoms with van der Waals surface area (Å²) in [4.78, 5) is 137. The number of nitrogens with two attached hydrogens (primary N) is 4. The lowest BCUT2D eigenvalue weighted by Crippen LogP contribution is -2.61. The Labute approximate surface area is 439 Å². The zero-order chi connectivity index (χ0) is 55.9. The van der Waals surface area contributed by atoms with Crippen LogP contribution in [0.2, 0.25) is 0 Å². The summed E-state index contributed by atoms with van der Waals surface area (Å²) in [5.41, 5.74) is 24.1. The Bertz CT molecular complexity index is 2000. The second-order valence-corrected chi connectivity index (χ2v) is 19.2. The molecule has 19 N–H and O–H groups in total.